The van der Waals surface area contributed by atoms with E-state index in [0.29, 0.717) is 18.3 Å². The number of carbonyl (C=O) groups excluding carboxylic acids is 1. The number of rotatable bonds is 7. The van der Waals surface area contributed by atoms with Crippen molar-refractivity contribution in [2.75, 3.05) is 0 Å². The monoisotopic (exact) mass is 370 g/mol. The van der Waals surface area contributed by atoms with E-state index in [-0.39, 0.29) is 19.0 Å². The van der Waals surface area contributed by atoms with Crippen LogP contribution in [0.1, 0.15) is 43.8 Å². The van der Waals surface area contributed by atoms with Gasteiger partial charge in [0.05, 0.1) is 12.1 Å². The number of hydrogen-bond acceptors (Lipinski definition) is 6. The maximum atomic E-state index is 12.1. The van der Waals surface area contributed by atoms with Crippen molar-refractivity contribution in [3.63, 3.8) is 0 Å². The minimum Gasteiger partial charge on any atom is -0.457 e. The zero-order chi connectivity index (χ0) is 18.5. The lowest BCUT2D eigenvalue weighted by atomic mass is 10.0. The largest absolute Gasteiger partial charge is 0.457 e. The highest BCUT2D eigenvalue weighted by molar-refractivity contribution is 7.13. The molecule has 7 heteroatoms. The van der Waals surface area contributed by atoms with Crippen LogP contribution in [0.3, 0.4) is 0 Å². The van der Waals surface area contributed by atoms with E-state index in [4.69, 9.17) is 4.74 Å². The highest BCUT2D eigenvalue weighted by atomic mass is 32.1. The predicted octanol–water partition coefficient (Wildman–Crippen LogP) is 3.83. The van der Waals surface area contributed by atoms with Crippen LogP contribution in [-0.4, -0.2) is 25.7 Å². The van der Waals surface area contributed by atoms with Gasteiger partial charge in [0.25, 0.3) is 0 Å². The van der Waals surface area contributed by atoms with Crippen LogP contribution >= 0.6 is 11.3 Å². The van der Waals surface area contributed by atoms with E-state index < -0.39 is 0 Å². The molecule has 0 radical (unpaired) electrons. The van der Waals surface area contributed by atoms with Crippen molar-refractivity contribution in [2.24, 2.45) is 0 Å². The molecule has 2 aromatic heterocycles. The molecule has 0 aliphatic rings. The van der Waals surface area contributed by atoms with Gasteiger partial charge in [-0.2, -0.15) is 5.10 Å². The number of carbonyl (C=O) groups is 1. The molecule has 0 atom stereocenters. The molecule has 0 unspecified atom stereocenters. The molecule has 0 aliphatic carbocycles. The highest BCUT2D eigenvalue weighted by Gasteiger charge is 2.12. The van der Waals surface area contributed by atoms with Crippen LogP contribution in [0.2, 0.25) is 0 Å². The Balaban J connectivity index is 1.58. The van der Waals surface area contributed by atoms with E-state index in [2.05, 4.69) is 53.2 Å². The summed E-state index contributed by atoms with van der Waals surface area (Å²) in [4.78, 5) is 20.7. The van der Waals surface area contributed by atoms with E-state index in [0.717, 1.165) is 16.3 Å². The average molecular weight is 370 g/mol. The summed E-state index contributed by atoms with van der Waals surface area (Å²) in [5.74, 6) is 0.830. The Morgan fingerprint density at radius 1 is 1.27 bits per heavy atom. The minimum atomic E-state index is -0.317. The lowest BCUT2D eigenvalue weighted by Gasteiger charge is -2.05. The lowest BCUT2D eigenvalue weighted by Crippen LogP contribution is -2.12. The van der Waals surface area contributed by atoms with Gasteiger partial charge in [0.2, 0.25) is 0 Å². The highest BCUT2D eigenvalue weighted by Crippen LogP contribution is 2.26. The molecule has 3 rings (SSSR count). The van der Waals surface area contributed by atoms with E-state index in [1.165, 1.54) is 23.2 Å². The molecule has 1 aromatic carbocycles. The van der Waals surface area contributed by atoms with E-state index in [1.807, 2.05) is 12.3 Å². The number of ether oxygens (including phenoxy) is 1. The second-order valence-electron chi connectivity index (χ2n) is 6.25. The van der Waals surface area contributed by atoms with Crippen LogP contribution < -0.4 is 0 Å². The van der Waals surface area contributed by atoms with Crippen molar-refractivity contribution < 1.29 is 9.53 Å². The molecular formula is C19H22N4O2S. The molecule has 0 bridgehead atoms. The summed E-state index contributed by atoms with van der Waals surface area (Å²) in [5.41, 5.74) is 3.09. The summed E-state index contributed by atoms with van der Waals surface area (Å²) in [5, 5.41) is 6.87. The zero-order valence-electron chi connectivity index (χ0n) is 15.2. The molecule has 0 saturated carbocycles. The van der Waals surface area contributed by atoms with Gasteiger partial charge in [-0.3, -0.25) is 4.79 Å². The minimum absolute atomic E-state index is 0.125. The van der Waals surface area contributed by atoms with Gasteiger partial charge >= 0.3 is 5.97 Å². The van der Waals surface area contributed by atoms with Gasteiger partial charge in [0.15, 0.2) is 12.4 Å². The Hall–Kier alpha value is -2.54. The quantitative estimate of drug-likeness (QED) is 0.591. The topological polar surface area (TPSA) is 69.9 Å². The molecule has 0 spiro atoms. The molecule has 0 saturated heterocycles. The van der Waals surface area contributed by atoms with Crippen LogP contribution in [-0.2, 0) is 29.1 Å². The fourth-order valence-corrected chi connectivity index (χ4v) is 3.37. The van der Waals surface area contributed by atoms with Gasteiger partial charge in [-0.25, -0.2) is 14.6 Å². The molecule has 0 fully saturated rings. The number of thiazole rings is 1. The van der Waals surface area contributed by atoms with Crippen LogP contribution in [0.5, 0.6) is 0 Å². The van der Waals surface area contributed by atoms with Crippen molar-refractivity contribution in [3.05, 3.63) is 53.1 Å². The number of benzene rings is 1. The van der Waals surface area contributed by atoms with Gasteiger partial charge in [-0.1, -0.05) is 38.1 Å². The number of nitrogens with zero attached hydrogens (tertiary/aromatic N) is 4. The maximum absolute atomic E-state index is 12.1. The summed E-state index contributed by atoms with van der Waals surface area (Å²) in [6.45, 7) is 7.12. The fourth-order valence-electron chi connectivity index (χ4n) is 2.54. The third-order valence-electron chi connectivity index (χ3n) is 4.06. The Labute approximate surface area is 156 Å². The Morgan fingerprint density at radius 3 is 2.73 bits per heavy atom. The van der Waals surface area contributed by atoms with Gasteiger partial charge < -0.3 is 4.74 Å². The van der Waals surface area contributed by atoms with Crippen molar-refractivity contribution in [1.82, 2.24) is 19.7 Å². The standard InChI is InChI=1S/C19H22N4O2S/c1-4-23-17(20-12-21-23)10-25-18(24)9-16-11-26-19(22-16)15-7-5-14(6-8-15)13(2)3/h5-8,11-13H,4,9-10H2,1-3H3. The van der Waals surface area contributed by atoms with Gasteiger partial charge in [0.1, 0.15) is 11.3 Å². The first kappa shape index (κ1) is 18.3. The number of hydrogen-bond donors (Lipinski definition) is 0. The molecule has 0 amide bonds. The lowest BCUT2D eigenvalue weighted by molar-refractivity contribution is -0.144. The fraction of sp³-hybridized carbons (Fsp3) is 0.368. The second-order valence-corrected chi connectivity index (χ2v) is 7.11. The van der Waals surface area contributed by atoms with Crippen molar-refractivity contribution in [2.45, 2.75) is 46.3 Å². The van der Waals surface area contributed by atoms with Gasteiger partial charge in [-0.15, -0.1) is 11.3 Å². The van der Waals surface area contributed by atoms with Crippen molar-refractivity contribution in [1.29, 1.82) is 0 Å². The Bertz CT molecular complexity index is 868. The first-order valence-corrected chi connectivity index (χ1v) is 9.51. The number of aryl methyl sites for hydroxylation is 1. The maximum Gasteiger partial charge on any atom is 0.312 e. The summed E-state index contributed by atoms with van der Waals surface area (Å²) in [6, 6.07) is 8.40. The molecule has 3 aromatic rings. The summed E-state index contributed by atoms with van der Waals surface area (Å²) < 4.78 is 7.00. The second kappa shape index (κ2) is 8.23. The van der Waals surface area contributed by atoms with E-state index >= 15 is 0 Å². The van der Waals surface area contributed by atoms with Crippen LogP contribution in [0.4, 0.5) is 0 Å². The third kappa shape index (κ3) is 4.35. The predicted molar refractivity (Wildman–Crippen MR) is 101 cm³/mol. The first-order valence-electron chi connectivity index (χ1n) is 8.63. The summed E-state index contributed by atoms with van der Waals surface area (Å²) in [6.07, 6.45) is 1.62. The first-order chi connectivity index (χ1) is 12.6. The molecular weight excluding hydrogens is 348 g/mol. The third-order valence-corrected chi connectivity index (χ3v) is 5.00. The number of aromatic nitrogens is 4. The molecule has 6 nitrogen and oxygen atoms in total. The molecule has 2 heterocycles. The number of esters is 1. The van der Waals surface area contributed by atoms with Gasteiger partial charge in [0, 0.05) is 17.5 Å². The molecule has 136 valence electrons. The molecule has 0 N–H and O–H groups in total. The van der Waals surface area contributed by atoms with Crippen LogP contribution in [0.15, 0.2) is 36.0 Å². The van der Waals surface area contributed by atoms with E-state index in [1.54, 1.807) is 4.68 Å². The van der Waals surface area contributed by atoms with Crippen LogP contribution in [0, 0.1) is 0 Å². The molecule has 26 heavy (non-hydrogen) atoms. The normalized spacial score (nSPS) is 11.1. The SMILES string of the molecule is CCn1ncnc1COC(=O)Cc1csc(-c2ccc(C(C)C)cc2)n1. The Morgan fingerprint density at radius 2 is 2.04 bits per heavy atom. The van der Waals surface area contributed by atoms with Crippen molar-refractivity contribution >= 4 is 17.3 Å². The smallest absolute Gasteiger partial charge is 0.312 e. The van der Waals surface area contributed by atoms with Crippen molar-refractivity contribution in [3.8, 4) is 10.6 Å². The zero-order valence-corrected chi connectivity index (χ0v) is 16.0. The van der Waals surface area contributed by atoms with E-state index in [9.17, 15) is 4.79 Å². The Kier molecular flexibility index (Phi) is 5.78. The van der Waals surface area contributed by atoms with Gasteiger partial charge in [-0.05, 0) is 18.4 Å². The molecule has 0 aliphatic heterocycles. The summed E-state index contributed by atoms with van der Waals surface area (Å²) >= 11 is 1.54. The van der Waals surface area contributed by atoms with Crippen LogP contribution in [0.25, 0.3) is 10.6 Å². The summed E-state index contributed by atoms with van der Waals surface area (Å²) in [7, 11) is 0. The average Bonchev–Trinajstić information content (AvgIpc) is 3.29.